The molecule has 0 aromatic heterocycles. The van der Waals surface area contributed by atoms with Gasteiger partial charge in [-0.2, -0.15) is 0 Å². The predicted molar refractivity (Wildman–Crippen MR) is 118 cm³/mol. The van der Waals surface area contributed by atoms with E-state index in [0.29, 0.717) is 16.9 Å². The standard InChI is InChI=1S/C23H24N4O2/c1-15-7-6-10-20(16(15)2)27-21-9-5-4-8-19(21)22(28)25-17-11-13-18(14-12-17)26-23(29)24-3/h4-14,27H,1-3H3,(H,25,28)(H2,24,26,29). The van der Waals surface area contributed by atoms with Crippen molar-refractivity contribution in [2.24, 2.45) is 0 Å². The van der Waals surface area contributed by atoms with Gasteiger partial charge in [0, 0.05) is 24.1 Å². The molecule has 0 radical (unpaired) electrons. The van der Waals surface area contributed by atoms with E-state index in [0.717, 1.165) is 16.9 Å². The third-order valence-electron chi connectivity index (χ3n) is 4.67. The molecular weight excluding hydrogens is 364 g/mol. The lowest BCUT2D eigenvalue weighted by Crippen LogP contribution is -2.24. The van der Waals surface area contributed by atoms with Crippen LogP contribution in [0.15, 0.2) is 66.7 Å². The van der Waals surface area contributed by atoms with Gasteiger partial charge in [0.2, 0.25) is 0 Å². The molecule has 0 spiro atoms. The fraction of sp³-hybridized carbons (Fsp3) is 0.130. The number of carbonyl (C=O) groups excluding carboxylic acids is 2. The van der Waals surface area contributed by atoms with E-state index in [2.05, 4.69) is 41.2 Å². The third-order valence-corrected chi connectivity index (χ3v) is 4.67. The molecular formula is C23H24N4O2. The van der Waals surface area contributed by atoms with E-state index in [1.54, 1.807) is 37.4 Å². The van der Waals surface area contributed by atoms with Crippen molar-refractivity contribution >= 4 is 34.7 Å². The largest absolute Gasteiger partial charge is 0.355 e. The molecule has 0 aliphatic carbocycles. The maximum atomic E-state index is 12.9. The van der Waals surface area contributed by atoms with Crippen LogP contribution in [0.1, 0.15) is 21.5 Å². The normalized spacial score (nSPS) is 10.2. The second kappa shape index (κ2) is 8.93. The Balaban J connectivity index is 1.76. The number of rotatable bonds is 5. The fourth-order valence-corrected chi connectivity index (χ4v) is 2.85. The molecule has 0 atom stereocenters. The lowest BCUT2D eigenvalue weighted by molar-refractivity contribution is 0.102. The van der Waals surface area contributed by atoms with Crippen molar-refractivity contribution < 1.29 is 9.59 Å². The minimum Gasteiger partial charge on any atom is -0.355 e. The molecule has 3 amide bonds. The Morgan fingerprint density at radius 1 is 0.724 bits per heavy atom. The predicted octanol–water partition coefficient (Wildman–Crippen LogP) is 5.05. The van der Waals surface area contributed by atoms with E-state index >= 15 is 0 Å². The van der Waals surface area contributed by atoms with Crippen LogP contribution in [0, 0.1) is 13.8 Å². The first-order valence-corrected chi connectivity index (χ1v) is 9.30. The zero-order valence-corrected chi connectivity index (χ0v) is 16.7. The Morgan fingerprint density at radius 2 is 1.34 bits per heavy atom. The van der Waals surface area contributed by atoms with Crippen LogP contribution in [0.3, 0.4) is 0 Å². The van der Waals surface area contributed by atoms with E-state index in [-0.39, 0.29) is 11.9 Å². The number of para-hydroxylation sites is 1. The Hall–Kier alpha value is -3.80. The zero-order chi connectivity index (χ0) is 20.8. The van der Waals surface area contributed by atoms with Crippen LogP contribution in [-0.2, 0) is 0 Å². The van der Waals surface area contributed by atoms with E-state index < -0.39 is 0 Å². The average Bonchev–Trinajstić information content (AvgIpc) is 2.73. The Bertz CT molecular complexity index is 1030. The van der Waals surface area contributed by atoms with Crippen molar-refractivity contribution in [1.82, 2.24) is 5.32 Å². The van der Waals surface area contributed by atoms with Crippen LogP contribution in [0.4, 0.5) is 27.5 Å². The smallest absolute Gasteiger partial charge is 0.318 e. The van der Waals surface area contributed by atoms with Gasteiger partial charge in [-0.15, -0.1) is 0 Å². The second-order valence-corrected chi connectivity index (χ2v) is 6.65. The number of hydrogen-bond donors (Lipinski definition) is 4. The molecule has 0 saturated heterocycles. The van der Waals surface area contributed by atoms with Crippen molar-refractivity contribution in [1.29, 1.82) is 0 Å². The van der Waals surface area contributed by atoms with Crippen LogP contribution in [0.5, 0.6) is 0 Å². The molecule has 6 nitrogen and oxygen atoms in total. The Kier molecular flexibility index (Phi) is 6.14. The number of urea groups is 1. The van der Waals surface area contributed by atoms with E-state index in [4.69, 9.17) is 0 Å². The number of aryl methyl sites for hydroxylation is 1. The molecule has 0 aliphatic heterocycles. The van der Waals surface area contributed by atoms with Gasteiger partial charge in [-0.1, -0.05) is 24.3 Å². The van der Waals surface area contributed by atoms with Gasteiger partial charge in [-0.05, 0) is 67.4 Å². The Labute approximate surface area is 170 Å². The van der Waals surface area contributed by atoms with Gasteiger partial charge >= 0.3 is 6.03 Å². The van der Waals surface area contributed by atoms with Crippen LogP contribution in [0.2, 0.25) is 0 Å². The summed E-state index contributed by atoms with van der Waals surface area (Å²) in [5.41, 5.74) is 5.84. The molecule has 3 rings (SSSR count). The summed E-state index contributed by atoms with van der Waals surface area (Å²) in [6, 6.07) is 20.1. The SMILES string of the molecule is CNC(=O)Nc1ccc(NC(=O)c2ccccc2Nc2cccc(C)c2C)cc1. The van der Waals surface area contributed by atoms with Crippen molar-refractivity contribution in [2.75, 3.05) is 23.0 Å². The molecule has 4 N–H and O–H groups in total. The second-order valence-electron chi connectivity index (χ2n) is 6.65. The molecule has 29 heavy (non-hydrogen) atoms. The highest BCUT2D eigenvalue weighted by Crippen LogP contribution is 2.26. The molecule has 148 valence electrons. The van der Waals surface area contributed by atoms with Gasteiger partial charge < -0.3 is 21.3 Å². The number of hydrogen-bond acceptors (Lipinski definition) is 3. The lowest BCUT2D eigenvalue weighted by atomic mass is 10.1. The zero-order valence-electron chi connectivity index (χ0n) is 16.7. The Morgan fingerprint density at radius 3 is 2.03 bits per heavy atom. The van der Waals surface area contributed by atoms with Gasteiger partial charge in [0.25, 0.3) is 5.91 Å². The van der Waals surface area contributed by atoms with Gasteiger partial charge in [-0.25, -0.2) is 4.79 Å². The highest BCUT2D eigenvalue weighted by molar-refractivity contribution is 6.08. The number of anilines is 4. The van der Waals surface area contributed by atoms with Crippen molar-refractivity contribution in [3.05, 3.63) is 83.4 Å². The summed E-state index contributed by atoms with van der Waals surface area (Å²) < 4.78 is 0. The monoisotopic (exact) mass is 388 g/mol. The van der Waals surface area contributed by atoms with E-state index in [9.17, 15) is 9.59 Å². The van der Waals surface area contributed by atoms with Crippen LogP contribution >= 0.6 is 0 Å². The quantitative estimate of drug-likeness (QED) is 0.494. The number of nitrogens with one attached hydrogen (secondary N) is 4. The first-order chi connectivity index (χ1) is 14.0. The average molecular weight is 388 g/mol. The topological polar surface area (TPSA) is 82.3 Å². The first-order valence-electron chi connectivity index (χ1n) is 9.30. The summed E-state index contributed by atoms with van der Waals surface area (Å²) in [6.45, 7) is 4.11. The van der Waals surface area contributed by atoms with Crippen LogP contribution in [0.25, 0.3) is 0 Å². The molecule has 0 saturated carbocycles. The maximum absolute atomic E-state index is 12.9. The molecule has 0 heterocycles. The fourth-order valence-electron chi connectivity index (χ4n) is 2.85. The molecule has 0 aliphatic rings. The summed E-state index contributed by atoms with van der Waals surface area (Å²) in [7, 11) is 1.55. The summed E-state index contributed by atoms with van der Waals surface area (Å²) in [5.74, 6) is -0.217. The van der Waals surface area contributed by atoms with E-state index in [1.165, 1.54) is 5.56 Å². The summed E-state index contributed by atoms with van der Waals surface area (Å²) in [5, 5.41) is 11.4. The summed E-state index contributed by atoms with van der Waals surface area (Å²) >= 11 is 0. The summed E-state index contributed by atoms with van der Waals surface area (Å²) in [4.78, 5) is 24.2. The summed E-state index contributed by atoms with van der Waals surface area (Å²) in [6.07, 6.45) is 0. The molecule has 0 fully saturated rings. The molecule has 0 bridgehead atoms. The number of benzene rings is 3. The number of amides is 3. The van der Waals surface area contributed by atoms with Crippen molar-refractivity contribution in [3.8, 4) is 0 Å². The molecule has 3 aromatic rings. The molecule has 3 aromatic carbocycles. The highest BCUT2D eigenvalue weighted by Gasteiger charge is 2.12. The maximum Gasteiger partial charge on any atom is 0.318 e. The van der Waals surface area contributed by atoms with Crippen molar-refractivity contribution in [2.45, 2.75) is 13.8 Å². The lowest BCUT2D eigenvalue weighted by Gasteiger charge is -2.15. The highest BCUT2D eigenvalue weighted by atomic mass is 16.2. The van der Waals surface area contributed by atoms with E-state index in [1.807, 2.05) is 30.3 Å². The minimum atomic E-state index is -0.298. The van der Waals surface area contributed by atoms with Gasteiger partial charge in [0.05, 0.1) is 11.3 Å². The first kappa shape index (κ1) is 19.9. The van der Waals surface area contributed by atoms with Crippen LogP contribution < -0.4 is 21.3 Å². The van der Waals surface area contributed by atoms with Gasteiger partial charge in [0.15, 0.2) is 0 Å². The molecule has 0 unspecified atom stereocenters. The van der Waals surface area contributed by atoms with Crippen molar-refractivity contribution in [3.63, 3.8) is 0 Å². The third kappa shape index (κ3) is 4.93. The van der Waals surface area contributed by atoms with Gasteiger partial charge in [-0.3, -0.25) is 4.79 Å². The van der Waals surface area contributed by atoms with Gasteiger partial charge in [0.1, 0.15) is 0 Å². The molecule has 6 heteroatoms. The number of carbonyl (C=O) groups is 2. The van der Waals surface area contributed by atoms with Crippen LogP contribution in [-0.4, -0.2) is 19.0 Å². The minimum absolute atomic E-state index is 0.217.